The molecule has 0 aliphatic carbocycles. The Bertz CT molecular complexity index is 472. The molecular formula is C13H17Cl2N3O2. The van der Waals surface area contributed by atoms with Crippen LogP contribution in [0.1, 0.15) is 12.0 Å². The first-order valence-corrected chi connectivity index (χ1v) is 6.81. The van der Waals surface area contributed by atoms with Crippen LogP contribution in [-0.2, 0) is 16.0 Å². The van der Waals surface area contributed by atoms with E-state index in [1.54, 1.807) is 25.3 Å². The molecular weight excluding hydrogens is 301 g/mol. The number of amides is 1. The molecule has 7 heteroatoms. The number of guanidine groups is 1. The van der Waals surface area contributed by atoms with Gasteiger partial charge in [-0.2, -0.15) is 0 Å². The van der Waals surface area contributed by atoms with Crippen LogP contribution in [0.15, 0.2) is 23.2 Å². The molecule has 0 saturated heterocycles. The van der Waals surface area contributed by atoms with Gasteiger partial charge in [-0.1, -0.05) is 29.3 Å². The lowest BCUT2D eigenvalue weighted by atomic mass is 10.1. The van der Waals surface area contributed by atoms with Gasteiger partial charge in [0.25, 0.3) is 0 Å². The molecule has 3 N–H and O–H groups in total. The number of halogens is 2. The Hall–Kier alpha value is -1.30. The summed E-state index contributed by atoms with van der Waals surface area (Å²) < 4.78 is 4.88. The molecule has 0 saturated carbocycles. The van der Waals surface area contributed by atoms with Crippen molar-refractivity contribution >= 4 is 35.1 Å². The molecule has 0 radical (unpaired) electrons. The number of hydrogen-bond acceptors (Lipinski definition) is 3. The van der Waals surface area contributed by atoms with E-state index in [0.717, 1.165) is 6.42 Å². The van der Waals surface area contributed by atoms with Gasteiger partial charge in [0, 0.05) is 30.3 Å². The van der Waals surface area contributed by atoms with E-state index in [2.05, 4.69) is 10.3 Å². The van der Waals surface area contributed by atoms with Gasteiger partial charge in [0.1, 0.15) is 0 Å². The van der Waals surface area contributed by atoms with Crippen LogP contribution in [0.25, 0.3) is 0 Å². The van der Waals surface area contributed by atoms with Crippen LogP contribution in [0.4, 0.5) is 0 Å². The van der Waals surface area contributed by atoms with Gasteiger partial charge >= 0.3 is 0 Å². The summed E-state index contributed by atoms with van der Waals surface area (Å²) in [7, 11) is 1.61. The summed E-state index contributed by atoms with van der Waals surface area (Å²) in [4.78, 5) is 15.8. The van der Waals surface area contributed by atoms with Gasteiger partial charge in [0.15, 0.2) is 5.96 Å². The van der Waals surface area contributed by atoms with Crippen LogP contribution in [0, 0.1) is 0 Å². The van der Waals surface area contributed by atoms with Crippen molar-refractivity contribution in [1.29, 1.82) is 0 Å². The predicted octanol–water partition coefficient (Wildman–Crippen LogP) is 2.00. The van der Waals surface area contributed by atoms with Crippen LogP contribution in [0.3, 0.4) is 0 Å². The van der Waals surface area contributed by atoms with Crippen LogP contribution < -0.4 is 11.1 Å². The highest BCUT2D eigenvalue weighted by atomic mass is 35.5. The quantitative estimate of drug-likeness (QED) is 0.478. The number of nitrogens with two attached hydrogens (primary N) is 1. The zero-order chi connectivity index (χ0) is 15.0. The maximum atomic E-state index is 11.8. The van der Waals surface area contributed by atoms with E-state index in [-0.39, 0.29) is 18.3 Å². The van der Waals surface area contributed by atoms with Gasteiger partial charge in [-0.3, -0.25) is 15.1 Å². The molecule has 0 fully saturated rings. The fraction of sp³-hybridized carbons (Fsp3) is 0.385. The maximum absolute atomic E-state index is 11.8. The Morgan fingerprint density at radius 1 is 1.40 bits per heavy atom. The monoisotopic (exact) mass is 317 g/mol. The van der Waals surface area contributed by atoms with Crippen molar-refractivity contribution < 1.29 is 9.53 Å². The minimum atomic E-state index is -0.312. The van der Waals surface area contributed by atoms with Crippen LogP contribution >= 0.6 is 23.2 Å². The Morgan fingerprint density at radius 2 is 2.05 bits per heavy atom. The zero-order valence-electron chi connectivity index (χ0n) is 11.2. The second-order valence-electron chi connectivity index (χ2n) is 4.04. The number of benzene rings is 1. The second kappa shape index (κ2) is 8.79. The van der Waals surface area contributed by atoms with Gasteiger partial charge in [-0.15, -0.1) is 0 Å². The summed E-state index contributed by atoms with van der Waals surface area (Å²) in [6.07, 6.45) is 0.788. The topological polar surface area (TPSA) is 76.7 Å². The molecule has 1 aromatic rings. The lowest BCUT2D eigenvalue weighted by Gasteiger charge is -2.07. The van der Waals surface area contributed by atoms with Gasteiger partial charge in [-0.25, -0.2) is 0 Å². The molecule has 0 spiro atoms. The Morgan fingerprint density at radius 3 is 2.65 bits per heavy atom. The number of rotatable bonds is 6. The van der Waals surface area contributed by atoms with Crippen molar-refractivity contribution in [2.45, 2.75) is 12.8 Å². The average Bonchev–Trinajstić information content (AvgIpc) is 2.39. The SMILES string of the molecule is COCCCN=C(N)NC(=O)Cc1c(Cl)cccc1Cl. The first-order chi connectivity index (χ1) is 9.54. The summed E-state index contributed by atoms with van der Waals surface area (Å²) in [5.74, 6) is -0.234. The van der Waals surface area contributed by atoms with Crippen molar-refractivity contribution in [2.75, 3.05) is 20.3 Å². The van der Waals surface area contributed by atoms with Crippen LogP contribution in [0.2, 0.25) is 10.0 Å². The number of ether oxygens (including phenoxy) is 1. The number of nitrogens with zero attached hydrogens (tertiary/aromatic N) is 1. The minimum absolute atomic E-state index is 0.0484. The molecule has 0 aliphatic heterocycles. The molecule has 5 nitrogen and oxygen atoms in total. The van der Waals surface area contributed by atoms with Crippen molar-refractivity contribution in [3.63, 3.8) is 0 Å². The summed E-state index contributed by atoms with van der Waals surface area (Å²) in [6.45, 7) is 1.09. The van der Waals surface area contributed by atoms with E-state index in [0.29, 0.717) is 28.8 Å². The highest BCUT2D eigenvalue weighted by Crippen LogP contribution is 2.24. The lowest BCUT2D eigenvalue weighted by Crippen LogP contribution is -2.38. The zero-order valence-corrected chi connectivity index (χ0v) is 12.7. The third kappa shape index (κ3) is 5.77. The maximum Gasteiger partial charge on any atom is 0.231 e. The van der Waals surface area contributed by atoms with E-state index in [4.69, 9.17) is 33.7 Å². The van der Waals surface area contributed by atoms with Gasteiger partial charge in [0.2, 0.25) is 5.91 Å². The van der Waals surface area contributed by atoms with Gasteiger partial charge in [0.05, 0.1) is 6.42 Å². The standard InChI is InChI=1S/C13H17Cl2N3O2/c1-20-7-3-6-17-13(16)18-12(19)8-9-10(14)4-2-5-11(9)15/h2,4-5H,3,6-8H2,1H3,(H3,16,17,18,19). The second-order valence-corrected chi connectivity index (χ2v) is 4.85. The Labute approximate surface area is 128 Å². The molecule has 20 heavy (non-hydrogen) atoms. The number of methoxy groups -OCH3 is 1. The van der Waals surface area contributed by atoms with E-state index in [1.807, 2.05) is 0 Å². The smallest absolute Gasteiger partial charge is 0.231 e. The number of nitrogens with one attached hydrogen (secondary N) is 1. The average molecular weight is 318 g/mol. The number of carbonyl (C=O) groups excluding carboxylic acids is 1. The molecule has 0 bridgehead atoms. The highest BCUT2D eigenvalue weighted by molar-refractivity contribution is 6.36. The molecule has 0 heterocycles. The molecule has 0 atom stereocenters. The molecule has 110 valence electrons. The van der Waals surface area contributed by atoms with Crippen LogP contribution in [0.5, 0.6) is 0 Å². The summed E-state index contributed by atoms with van der Waals surface area (Å²) in [6, 6.07) is 5.08. The molecule has 1 rings (SSSR count). The van der Waals surface area contributed by atoms with E-state index >= 15 is 0 Å². The van der Waals surface area contributed by atoms with Crippen LogP contribution in [-0.4, -0.2) is 32.1 Å². The van der Waals surface area contributed by atoms with Crippen molar-refractivity contribution in [3.05, 3.63) is 33.8 Å². The van der Waals surface area contributed by atoms with Crippen molar-refractivity contribution in [1.82, 2.24) is 5.32 Å². The first-order valence-electron chi connectivity index (χ1n) is 6.06. The normalized spacial score (nSPS) is 11.4. The lowest BCUT2D eigenvalue weighted by molar-refractivity contribution is -0.119. The minimum Gasteiger partial charge on any atom is -0.385 e. The van der Waals surface area contributed by atoms with E-state index in [9.17, 15) is 4.79 Å². The fourth-order valence-electron chi connectivity index (χ4n) is 1.50. The summed E-state index contributed by atoms with van der Waals surface area (Å²) in [5.41, 5.74) is 6.17. The van der Waals surface area contributed by atoms with Crippen molar-refractivity contribution in [3.8, 4) is 0 Å². The highest BCUT2D eigenvalue weighted by Gasteiger charge is 2.11. The van der Waals surface area contributed by atoms with Gasteiger partial charge in [-0.05, 0) is 24.1 Å². The number of hydrogen-bond donors (Lipinski definition) is 2. The first kappa shape index (κ1) is 16.8. The van der Waals surface area contributed by atoms with E-state index in [1.165, 1.54) is 0 Å². The molecule has 0 unspecified atom stereocenters. The number of aliphatic imine (C=N–C) groups is 1. The molecule has 1 amide bonds. The van der Waals surface area contributed by atoms with E-state index < -0.39 is 0 Å². The fourth-order valence-corrected chi connectivity index (χ4v) is 2.03. The predicted molar refractivity (Wildman–Crippen MR) is 81.3 cm³/mol. The third-order valence-electron chi connectivity index (χ3n) is 2.46. The molecule has 0 aliphatic rings. The largest absolute Gasteiger partial charge is 0.385 e. The van der Waals surface area contributed by atoms with Gasteiger partial charge < -0.3 is 10.5 Å². The summed E-state index contributed by atoms with van der Waals surface area (Å²) in [5, 5.41) is 3.39. The Kier molecular flexibility index (Phi) is 7.36. The van der Waals surface area contributed by atoms with Crippen molar-refractivity contribution in [2.24, 2.45) is 10.7 Å². The Balaban J connectivity index is 2.51. The molecule has 0 aromatic heterocycles. The molecule has 1 aromatic carbocycles. The summed E-state index contributed by atoms with van der Waals surface area (Å²) >= 11 is 12.0. The third-order valence-corrected chi connectivity index (χ3v) is 3.16. The number of carbonyl (C=O) groups is 1.